The first-order valence-corrected chi connectivity index (χ1v) is 6.50. The molecule has 0 bridgehead atoms. The average Bonchev–Trinajstić information content (AvgIpc) is 2.49. The number of benzene rings is 1. The Bertz CT molecular complexity index is 548. The lowest BCUT2D eigenvalue weighted by Gasteiger charge is -2.21. The molecule has 1 heterocycles. The number of aryl methyl sites for hydroxylation is 1. The molecule has 0 aliphatic rings. The summed E-state index contributed by atoms with van der Waals surface area (Å²) in [5.41, 5.74) is 2.25. The van der Waals surface area contributed by atoms with Crippen LogP contribution in [-0.4, -0.2) is 35.7 Å². The summed E-state index contributed by atoms with van der Waals surface area (Å²) in [6.07, 6.45) is 0. The second-order valence-electron chi connectivity index (χ2n) is 4.28. The molecule has 0 atom stereocenters. The van der Waals surface area contributed by atoms with Gasteiger partial charge in [0, 0.05) is 19.3 Å². The van der Waals surface area contributed by atoms with E-state index in [9.17, 15) is 0 Å². The second-order valence-corrected chi connectivity index (χ2v) is 4.28. The van der Waals surface area contributed by atoms with Crippen LogP contribution >= 0.6 is 0 Å². The molecule has 0 aliphatic heterocycles. The smallest absolute Gasteiger partial charge is 0.322 e. The molecule has 0 amide bonds. The Morgan fingerprint density at radius 2 is 1.85 bits per heavy atom. The Hall–Kier alpha value is -2.37. The van der Waals surface area contributed by atoms with Crippen molar-refractivity contribution in [3.05, 3.63) is 29.8 Å². The molecule has 0 aliphatic carbocycles. The van der Waals surface area contributed by atoms with Crippen LogP contribution in [0.25, 0.3) is 0 Å². The third-order valence-corrected chi connectivity index (χ3v) is 2.91. The molecule has 106 valence electrons. The van der Waals surface area contributed by atoms with Crippen LogP contribution in [0.2, 0.25) is 0 Å². The van der Waals surface area contributed by atoms with Gasteiger partial charge in [0.25, 0.3) is 0 Å². The number of anilines is 3. The summed E-state index contributed by atoms with van der Waals surface area (Å²) in [6.45, 7) is 4.86. The highest BCUT2D eigenvalue weighted by Gasteiger charge is 2.13. The van der Waals surface area contributed by atoms with Gasteiger partial charge >= 0.3 is 6.01 Å². The summed E-state index contributed by atoms with van der Waals surface area (Å²) in [4.78, 5) is 14.8. The highest BCUT2D eigenvalue weighted by Crippen LogP contribution is 2.24. The molecule has 0 saturated carbocycles. The zero-order valence-corrected chi connectivity index (χ0v) is 12.2. The Morgan fingerprint density at radius 1 is 1.15 bits per heavy atom. The highest BCUT2D eigenvalue weighted by molar-refractivity contribution is 5.58. The fraction of sp³-hybridized carbons (Fsp3) is 0.357. The van der Waals surface area contributed by atoms with Crippen molar-refractivity contribution in [1.82, 2.24) is 15.0 Å². The van der Waals surface area contributed by atoms with Crippen molar-refractivity contribution in [1.29, 1.82) is 0 Å². The van der Waals surface area contributed by atoms with E-state index in [1.807, 2.05) is 17.0 Å². The monoisotopic (exact) mass is 273 g/mol. The van der Waals surface area contributed by atoms with E-state index in [1.54, 1.807) is 14.2 Å². The number of nitrogens with one attached hydrogen (secondary N) is 1. The van der Waals surface area contributed by atoms with E-state index in [0.717, 1.165) is 12.2 Å². The molecule has 0 saturated heterocycles. The Kier molecular flexibility index (Phi) is 4.34. The predicted octanol–water partition coefficient (Wildman–Crippen LogP) is 2.39. The van der Waals surface area contributed by atoms with Crippen LogP contribution in [0.4, 0.5) is 17.6 Å². The quantitative estimate of drug-likeness (QED) is 0.902. The first-order chi connectivity index (χ1) is 9.67. The molecule has 2 aromatic rings. The molecule has 6 nitrogen and oxygen atoms in total. The summed E-state index contributed by atoms with van der Waals surface area (Å²) in [5, 5.41) is 2.91. The van der Waals surface area contributed by atoms with Crippen LogP contribution in [0.3, 0.4) is 0 Å². The number of ether oxygens (including phenoxy) is 1. The van der Waals surface area contributed by atoms with Gasteiger partial charge in [0.1, 0.15) is 0 Å². The van der Waals surface area contributed by atoms with Gasteiger partial charge in [0.15, 0.2) is 0 Å². The molecule has 1 N–H and O–H groups in total. The normalized spacial score (nSPS) is 10.2. The standard InChI is InChI=1S/C14H19N5O/c1-5-19(11-8-6-10(2)7-9-11)13-16-12(15-3)17-14(18-13)20-4/h6-9H,5H2,1-4H3,(H,15,16,17,18). The minimum atomic E-state index is 0.296. The lowest BCUT2D eigenvalue weighted by atomic mass is 10.2. The Labute approximate surface area is 118 Å². The fourth-order valence-corrected chi connectivity index (χ4v) is 1.83. The van der Waals surface area contributed by atoms with Gasteiger partial charge in [-0.05, 0) is 26.0 Å². The van der Waals surface area contributed by atoms with Crippen molar-refractivity contribution in [2.75, 3.05) is 30.9 Å². The number of methoxy groups -OCH3 is 1. The van der Waals surface area contributed by atoms with Gasteiger partial charge in [-0.3, -0.25) is 0 Å². The lowest BCUT2D eigenvalue weighted by molar-refractivity contribution is 0.379. The molecule has 1 aromatic carbocycles. The second kappa shape index (κ2) is 6.18. The van der Waals surface area contributed by atoms with Gasteiger partial charge in [-0.25, -0.2) is 0 Å². The number of aromatic nitrogens is 3. The molecular weight excluding hydrogens is 254 g/mol. The third-order valence-electron chi connectivity index (χ3n) is 2.91. The zero-order valence-electron chi connectivity index (χ0n) is 12.2. The SMILES string of the molecule is CCN(c1ccc(C)cc1)c1nc(NC)nc(OC)n1. The molecule has 0 unspecified atom stereocenters. The van der Waals surface area contributed by atoms with E-state index < -0.39 is 0 Å². The number of nitrogens with zero attached hydrogens (tertiary/aromatic N) is 4. The van der Waals surface area contributed by atoms with Crippen LogP contribution in [0.15, 0.2) is 24.3 Å². The first-order valence-electron chi connectivity index (χ1n) is 6.50. The van der Waals surface area contributed by atoms with Crippen LogP contribution in [0.5, 0.6) is 6.01 Å². The van der Waals surface area contributed by atoms with Gasteiger partial charge in [-0.2, -0.15) is 15.0 Å². The van der Waals surface area contributed by atoms with Crippen LogP contribution in [0, 0.1) is 6.92 Å². The van der Waals surface area contributed by atoms with E-state index in [2.05, 4.69) is 46.2 Å². The lowest BCUT2D eigenvalue weighted by Crippen LogP contribution is -2.20. The van der Waals surface area contributed by atoms with Crippen LogP contribution in [0.1, 0.15) is 12.5 Å². The molecule has 20 heavy (non-hydrogen) atoms. The molecular formula is C14H19N5O. The topological polar surface area (TPSA) is 63.2 Å². The van der Waals surface area contributed by atoms with Crippen molar-refractivity contribution >= 4 is 17.6 Å². The van der Waals surface area contributed by atoms with Crippen LogP contribution < -0.4 is 15.0 Å². The number of hydrogen-bond donors (Lipinski definition) is 1. The maximum atomic E-state index is 5.12. The number of rotatable bonds is 5. The highest BCUT2D eigenvalue weighted by atomic mass is 16.5. The summed E-state index contributed by atoms with van der Waals surface area (Å²) >= 11 is 0. The van der Waals surface area contributed by atoms with Crippen molar-refractivity contribution in [2.45, 2.75) is 13.8 Å². The zero-order chi connectivity index (χ0) is 14.5. The van der Waals surface area contributed by atoms with Gasteiger partial charge in [-0.1, -0.05) is 17.7 Å². The van der Waals surface area contributed by atoms with E-state index in [-0.39, 0.29) is 0 Å². The van der Waals surface area contributed by atoms with Crippen molar-refractivity contribution in [3.63, 3.8) is 0 Å². The summed E-state index contributed by atoms with van der Waals surface area (Å²) in [7, 11) is 3.31. The first kappa shape index (κ1) is 14.0. The average molecular weight is 273 g/mol. The third kappa shape index (κ3) is 2.96. The Morgan fingerprint density at radius 3 is 2.40 bits per heavy atom. The van der Waals surface area contributed by atoms with Crippen molar-refractivity contribution < 1.29 is 4.74 Å². The fourth-order valence-electron chi connectivity index (χ4n) is 1.83. The maximum absolute atomic E-state index is 5.12. The number of hydrogen-bond acceptors (Lipinski definition) is 6. The molecule has 0 fully saturated rings. The summed E-state index contributed by atoms with van der Waals surface area (Å²) in [6, 6.07) is 8.53. The molecule has 1 aromatic heterocycles. The summed E-state index contributed by atoms with van der Waals surface area (Å²) in [5.74, 6) is 1.05. The van der Waals surface area contributed by atoms with Crippen LogP contribution in [-0.2, 0) is 0 Å². The van der Waals surface area contributed by atoms with E-state index in [4.69, 9.17) is 4.74 Å². The predicted molar refractivity (Wildman–Crippen MR) is 79.8 cm³/mol. The largest absolute Gasteiger partial charge is 0.467 e. The minimum absolute atomic E-state index is 0.296. The van der Waals surface area contributed by atoms with Gasteiger partial charge in [0.05, 0.1) is 7.11 Å². The summed E-state index contributed by atoms with van der Waals surface area (Å²) < 4.78 is 5.12. The van der Waals surface area contributed by atoms with Crippen molar-refractivity contribution in [3.8, 4) is 6.01 Å². The van der Waals surface area contributed by atoms with Gasteiger partial charge in [0.2, 0.25) is 11.9 Å². The van der Waals surface area contributed by atoms with E-state index in [1.165, 1.54) is 5.56 Å². The van der Waals surface area contributed by atoms with Gasteiger partial charge in [-0.15, -0.1) is 0 Å². The maximum Gasteiger partial charge on any atom is 0.322 e. The minimum Gasteiger partial charge on any atom is -0.467 e. The Balaban J connectivity index is 2.42. The molecule has 2 rings (SSSR count). The van der Waals surface area contributed by atoms with E-state index in [0.29, 0.717) is 17.9 Å². The van der Waals surface area contributed by atoms with E-state index >= 15 is 0 Å². The van der Waals surface area contributed by atoms with Crippen molar-refractivity contribution in [2.24, 2.45) is 0 Å². The molecule has 0 spiro atoms. The molecule has 6 heteroatoms. The molecule has 0 radical (unpaired) electrons. The van der Waals surface area contributed by atoms with Gasteiger partial charge < -0.3 is 15.0 Å².